The molecule has 174 valence electrons. The number of rotatable bonds is 8. The predicted octanol–water partition coefficient (Wildman–Crippen LogP) is 4.93. The summed E-state index contributed by atoms with van der Waals surface area (Å²) in [5.74, 6) is 2.56. The molecule has 0 aliphatic carbocycles. The number of carbonyl (C=O) groups is 1. The molecule has 3 aromatic rings. The van der Waals surface area contributed by atoms with Gasteiger partial charge in [0, 0.05) is 48.1 Å². The summed E-state index contributed by atoms with van der Waals surface area (Å²) in [7, 11) is 0. The molecular weight excluding hydrogens is 459 g/mol. The second-order valence-corrected chi connectivity index (χ2v) is 9.07. The van der Waals surface area contributed by atoms with Crippen LogP contribution in [0.5, 0.6) is 0 Å². The fourth-order valence-corrected chi connectivity index (χ4v) is 4.42. The maximum Gasteiger partial charge on any atom is 0.239 e. The van der Waals surface area contributed by atoms with Gasteiger partial charge in [-0.15, -0.1) is 0 Å². The van der Waals surface area contributed by atoms with Crippen LogP contribution in [0.15, 0.2) is 48.8 Å². The monoisotopic (exact) mass is 486 g/mol. The molecule has 0 spiro atoms. The quantitative estimate of drug-likeness (QED) is 0.472. The molecule has 2 N–H and O–H groups in total. The van der Waals surface area contributed by atoms with Crippen LogP contribution in [0.3, 0.4) is 0 Å². The first kappa shape index (κ1) is 23.4. The van der Waals surface area contributed by atoms with Crippen molar-refractivity contribution < 1.29 is 4.79 Å². The summed E-state index contributed by atoms with van der Waals surface area (Å²) in [6.45, 7) is 4.53. The molecule has 1 aliphatic heterocycles. The van der Waals surface area contributed by atoms with Crippen LogP contribution in [0, 0.1) is 5.92 Å². The van der Waals surface area contributed by atoms with Crippen molar-refractivity contribution in [2.24, 2.45) is 5.92 Å². The van der Waals surface area contributed by atoms with Gasteiger partial charge in [0.05, 0.1) is 6.54 Å². The van der Waals surface area contributed by atoms with Crippen molar-refractivity contribution in [1.29, 1.82) is 0 Å². The van der Waals surface area contributed by atoms with Gasteiger partial charge in [-0.05, 0) is 48.6 Å². The summed E-state index contributed by atoms with van der Waals surface area (Å²) < 4.78 is 1.94. The van der Waals surface area contributed by atoms with Crippen molar-refractivity contribution >= 4 is 40.9 Å². The molecule has 2 aromatic heterocycles. The number of piperidine rings is 1. The largest absolute Gasteiger partial charge is 0.361 e. The molecule has 0 radical (unpaired) electrons. The highest BCUT2D eigenvalue weighted by Crippen LogP contribution is 2.25. The van der Waals surface area contributed by atoms with Crippen molar-refractivity contribution in [1.82, 2.24) is 19.9 Å². The molecular formula is C24H28Cl2N6O. The molecule has 1 aliphatic rings. The zero-order valence-electron chi connectivity index (χ0n) is 18.6. The number of halogens is 2. The molecule has 0 bridgehead atoms. The summed E-state index contributed by atoms with van der Waals surface area (Å²) in [5, 5.41) is 7.12. The van der Waals surface area contributed by atoms with E-state index in [9.17, 15) is 4.79 Å². The highest BCUT2D eigenvalue weighted by molar-refractivity contribution is 6.35. The average Bonchev–Trinajstić information content (AvgIpc) is 3.37. The third-order valence-corrected chi connectivity index (χ3v) is 6.46. The van der Waals surface area contributed by atoms with Crippen LogP contribution in [0.25, 0.3) is 5.82 Å². The van der Waals surface area contributed by atoms with E-state index in [1.165, 1.54) is 6.42 Å². The standard InChI is InChI=1S/C24H28Cl2N6O/c1-2-17-6-5-11-32(16-17)24-29-21(13-22(30-24)31-9-3-4-10-31)27-15-23(33)28-14-18-7-8-19(25)12-20(18)26/h3-4,7-10,12-13,17H,2,5-6,11,14-16H2,1H3,(H,28,33)(H,27,29,30). The SMILES string of the molecule is CCC1CCCN(c2nc(NCC(=O)NCc3ccc(Cl)cc3Cl)cc(-n3cccc3)n2)C1. The lowest BCUT2D eigenvalue weighted by atomic mass is 9.96. The second-order valence-electron chi connectivity index (χ2n) is 8.23. The first-order valence-corrected chi connectivity index (χ1v) is 12.0. The van der Waals surface area contributed by atoms with Crippen molar-refractivity contribution in [3.8, 4) is 5.82 Å². The Morgan fingerprint density at radius 2 is 2.00 bits per heavy atom. The molecule has 7 nitrogen and oxygen atoms in total. The summed E-state index contributed by atoms with van der Waals surface area (Å²) in [5.41, 5.74) is 0.809. The Morgan fingerprint density at radius 3 is 2.76 bits per heavy atom. The Bertz CT molecular complexity index is 1090. The predicted molar refractivity (Wildman–Crippen MR) is 133 cm³/mol. The second kappa shape index (κ2) is 10.9. The van der Waals surface area contributed by atoms with Crippen molar-refractivity contribution in [3.63, 3.8) is 0 Å². The fraction of sp³-hybridized carbons (Fsp3) is 0.375. The first-order chi connectivity index (χ1) is 16.0. The van der Waals surface area contributed by atoms with E-state index < -0.39 is 0 Å². The van der Waals surface area contributed by atoms with Gasteiger partial charge in [0.15, 0.2) is 0 Å². The van der Waals surface area contributed by atoms with Crippen LogP contribution in [-0.4, -0.2) is 40.1 Å². The first-order valence-electron chi connectivity index (χ1n) is 11.2. The van der Waals surface area contributed by atoms with Gasteiger partial charge >= 0.3 is 0 Å². The number of benzene rings is 1. The Kier molecular flexibility index (Phi) is 7.73. The van der Waals surface area contributed by atoms with Gasteiger partial charge in [0.25, 0.3) is 0 Å². The number of hydrogen-bond donors (Lipinski definition) is 2. The van der Waals surface area contributed by atoms with E-state index >= 15 is 0 Å². The van der Waals surface area contributed by atoms with Crippen molar-refractivity contribution in [3.05, 3.63) is 64.4 Å². The molecule has 3 heterocycles. The Morgan fingerprint density at radius 1 is 1.18 bits per heavy atom. The number of nitrogens with one attached hydrogen (secondary N) is 2. The van der Waals surface area contributed by atoms with E-state index in [0.717, 1.165) is 37.3 Å². The van der Waals surface area contributed by atoms with Gasteiger partial charge in [-0.25, -0.2) is 0 Å². The van der Waals surface area contributed by atoms with E-state index in [1.54, 1.807) is 18.2 Å². The average molecular weight is 487 g/mol. The molecule has 4 rings (SSSR count). The molecule has 1 fully saturated rings. The number of carbonyl (C=O) groups excluding carboxylic acids is 1. The smallest absolute Gasteiger partial charge is 0.239 e. The fourth-order valence-electron chi connectivity index (χ4n) is 3.95. The summed E-state index contributed by atoms with van der Waals surface area (Å²) in [6, 6.07) is 11.0. The zero-order valence-corrected chi connectivity index (χ0v) is 20.1. The molecule has 1 aromatic carbocycles. The van der Waals surface area contributed by atoms with Gasteiger partial charge in [0.2, 0.25) is 11.9 Å². The third kappa shape index (κ3) is 6.18. The third-order valence-electron chi connectivity index (χ3n) is 5.87. The molecule has 9 heteroatoms. The molecule has 0 saturated carbocycles. The minimum absolute atomic E-state index is 0.0877. The maximum absolute atomic E-state index is 12.4. The topological polar surface area (TPSA) is 75.1 Å². The summed E-state index contributed by atoms with van der Waals surface area (Å²) >= 11 is 12.1. The number of amides is 1. The van der Waals surface area contributed by atoms with E-state index in [2.05, 4.69) is 22.5 Å². The van der Waals surface area contributed by atoms with E-state index in [0.29, 0.717) is 34.3 Å². The van der Waals surface area contributed by atoms with Gasteiger partial charge in [-0.2, -0.15) is 9.97 Å². The van der Waals surface area contributed by atoms with Crippen LogP contribution in [-0.2, 0) is 11.3 Å². The van der Waals surface area contributed by atoms with Gasteiger partial charge in [-0.3, -0.25) is 4.79 Å². The molecule has 1 unspecified atom stereocenters. The highest BCUT2D eigenvalue weighted by atomic mass is 35.5. The Balaban J connectivity index is 1.44. The summed E-state index contributed by atoms with van der Waals surface area (Å²) in [6.07, 6.45) is 7.42. The van der Waals surface area contributed by atoms with Gasteiger partial charge in [0.1, 0.15) is 11.6 Å². The van der Waals surface area contributed by atoms with Gasteiger partial charge < -0.3 is 20.1 Å². The number of nitrogens with zero attached hydrogens (tertiary/aromatic N) is 4. The lowest BCUT2D eigenvalue weighted by Crippen LogP contribution is -2.36. The Hall–Kier alpha value is -2.77. The van der Waals surface area contributed by atoms with E-state index in [-0.39, 0.29) is 12.5 Å². The van der Waals surface area contributed by atoms with Crippen molar-refractivity contribution in [2.75, 3.05) is 29.9 Å². The Labute approximate surface area is 204 Å². The van der Waals surface area contributed by atoms with Crippen molar-refractivity contribution in [2.45, 2.75) is 32.7 Å². The van der Waals surface area contributed by atoms with Crippen LogP contribution >= 0.6 is 23.2 Å². The molecule has 1 atom stereocenters. The van der Waals surface area contributed by atoms with Crippen LogP contribution in [0.2, 0.25) is 10.0 Å². The van der Waals surface area contributed by atoms with E-state index in [1.807, 2.05) is 35.2 Å². The van der Waals surface area contributed by atoms with Crippen LogP contribution in [0.1, 0.15) is 31.7 Å². The lowest BCUT2D eigenvalue weighted by Gasteiger charge is -2.32. The summed E-state index contributed by atoms with van der Waals surface area (Å²) in [4.78, 5) is 24.2. The number of aromatic nitrogens is 3. The van der Waals surface area contributed by atoms with Gasteiger partial charge in [-0.1, -0.05) is 42.6 Å². The highest BCUT2D eigenvalue weighted by Gasteiger charge is 2.21. The minimum atomic E-state index is -0.160. The molecule has 1 saturated heterocycles. The van der Waals surface area contributed by atoms with Crippen LogP contribution in [0.4, 0.5) is 11.8 Å². The maximum atomic E-state index is 12.4. The molecule has 33 heavy (non-hydrogen) atoms. The normalized spacial score (nSPS) is 16.0. The number of anilines is 2. The minimum Gasteiger partial charge on any atom is -0.361 e. The van der Waals surface area contributed by atoms with Crippen LogP contribution < -0.4 is 15.5 Å². The van der Waals surface area contributed by atoms with E-state index in [4.69, 9.17) is 33.2 Å². The lowest BCUT2D eigenvalue weighted by molar-refractivity contribution is -0.119. The molecule has 1 amide bonds. The number of hydrogen-bond acceptors (Lipinski definition) is 5. The zero-order chi connectivity index (χ0) is 23.2.